The van der Waals surface area contributed by atoms with Crippen LogP contribution in [0.3, 0.4) is 0 Å². The minimum Gasteiger partial charge on any atom is -0.336 e. The normalized spacial score (nSPS) is 18.4. The fraction of sp³-hybridized carbons (Fsp3) is 0.583. The number of nitrogens with one attached hydrogen (secondary N) is 2. The van der Waals surface area contributed by atoms with E-state index in [1.54, 1.807) is 0 Å². The van der Waals surface area contributed by atoms with Crippen molar-refractivity contribution in [2.24, 2.45) is 0 Å². The summed E-state index contributed by atoms with van der Waals surface area (Å²) in [6.07, 6.45) is 11.2. The van der Waals surface area contributed by atoms with Gasteiger partial charge in [0.25, 0.3) is 0 Å². The molecule has 2 aromatic rings. The average Bonchev–Trinajstić information content (AvgIpc) is 3.41. The summed E-state index contributed by atoms with van der Waals surface area (Å²) < 4.78 is 0. The van der Waals surface area contributed by atoms with Crippen molar-refractivity contribution in [1.29, 1.82) is 0 Å². The zero-order valence-corrected chi connectivity index (χ0v) is 18.0. The molecule has 0 aromatic heterocycles. The van der Waals surface area contributed by atoms with E-state index in [0.717, 1.165) is 0 Å². The van der Waals surface area contributed by atoms with E-state index in [1.807, 2.05) is 9.80 Å². The zero-order chi connectivity index (χ0) is 17.9. The number of quaternary nitrogens is 2. The SMILES string of the molecule is [Fe].c1cc[c-](CC[NH+]2CCCCC2)c1.c1cc[c-](CC[NH+]2CCCCC2)c1. The molecule has 2 fully saturated rings. The number of likely N-dealkylation sites (tertiary alicyclic amines) is 2. The molecule has 2 aromatic carbocycles. The second kappa shape index (κ2) is 13.3. The van der Waals surface area contributed by atoms with Gasteiger partial charge < -0.3 is 9.80 Å². The third kappa shape index (κ3) is 8.79. The van der Waals surface area contributed by atoms with E-state index in [2.05, 4.69) is 48.5 Å². The largest absolute Gasteiger partial charge is 0.336 e. The predicted molar refractivity (Wildman–Crippen MR) is 110 cm³/mol. The average molecular weight is 410 g/mol. The summed E-state index contributed by atoms with van der Waals surface area (Å²) in [4.78, 5) is 3.62. The molecule has 2 aliphatic rings. The molecule has 0 unspecified atom stereocenters. The molecule has 2 nitrogen and oxygen atoms in total. The zero-order valence-electron chi connectivity index (χ0n) is 16.9. The van der Waals surface area contributed by atoms with Gasteiger partial charge in [-0.05, 0) is 51.4 Å². The quantitative estimate of drug-likeness (QED) is 0.533. The van der Waals surface area contributed by atoms with E-state index >= 15 is 0 Å². The molecule has 0 amide bonds. The Labute approximate surface area is 177 Å². The first-order chi connectivity index (χ1) is 12.9. The van der Waals surface area contributed by atoms with Gasteiger partial charge in [0, 0.05) is 17.1 Å². The van der Waals surface area contributed by atoms with Crippen LogP contribution in [0.25, 0.3) is 0 Å². The topological polar surface area (TPSA) is 8.88 Å². The summed E-state index contributed by atoms with van der Waals surface area (Å²) >= 11 is 0. The maximum Gasteiger partial charge on any atom is 0.0770 e. The van der Waals surface area contributed by atoms with Gasteiger partial charge in [0.05, 0.1) is 39.3 Å². The number of hydrogen-bond donors (Lipinski definition) is 2. The van der Waals surface area contributed by atoms with Gasteiger partial charge in [-0.2, -0.15) is 35.4 Å². The van der Waals surface area contributed by atoms with Gasteiger partial charge in [-0.3, -0.25) is 0 Å². The van der Waals surface area contributed by atoms with Crippen molar-refractivity contribution in [3.05, 3.63) is 59.7 Å². The molecule has 2 N–H and O–H groups in total. The van der Waals surface area contributed by atoms with Gasteiger partial charge >= 0.3 is 0 Å². The maximum absolute atomic E-state index is 2.24. The van der Waals surface area contributed by atoms with Crippen LogP contribution in [0.2, 0.25) is 0 Å². The van der Waals surface area contributed by atoms with Crippen molar-refractivity contribution in [3.8, 4) is 0 Å². The monoisotopic (exact) mass is 410 g/mol. The molecular weight excluding hydrogens is 372 g/mol. The van der Waals surface area contributed by atoms with Gasteiger partial charge in [-0.25, -0.2) is 24.3 Å². The van der Waals surface area contributed by atoms with Crippen LogP contribution >= 0.6 is 0 Å². The van der Waals surface area contributed by atoms with E-state index in [-0.39, 0.29) is 17.1 Å². The van der Waals surface area contributed by atoms with Crippen LogP contribution in [0.15, 0.2) is 48.5 Å². The molecule has 0 aliphatic carbocycles. The van der Waals surface area contributed by atoms with Gasteiger partial charge in [-0.15, -0.1) is 0 Å². The van der Waals surface area contributed by atoms with Crippen molar-refractivity contribution in [1.82, 2.24) is 0 Å². The molecule has 152 valence electrons. The van der Waals surface area contributed by atoms with Crippen LogP contribution in [0.4, 0.5) is 0 Å². The van der Waals surface area contributed by atoms with Gasteiger partial charge in [0.1, 0.15) is 0 Å². The number of piperidine rings is 2. The molecule has 0 bridgehead atoms. The minimum atomic E-state index is 0. The Balaban J connectivity index is 0.000000187. The van der Waals surface area contributed by atoms with E-state index in [0.29, 0.717) is 0 Å². The number of rotatable bonds is 6. The molecular formula is C24H38FeN2. The van der Waals surface area contributed by atoms with E-state index in [9.17, 15) is 0 Å². The summed E-state index contributed by atoms with van der Waals surface area (Å²) in [5, 5.41) is 0. The van der Waals surface area contributed by atoms with Crippen molar-refractivity contribution in [2.75, 3.05) is 39.3 Å². The Hall–Kier alpha value is -0.861. The van der Waals surface area contributed by atoms with E-state index in [1.165, 1.54) is 102 Å². The molecule has 2 heterocycles. The van der Waals surface area contributed by atoms with Crippen LogP contribution in [0.1, 0.15) is 49.7 Å². The number of hydrogen-bond acceptors (Lipinski definition) is 0. The second-order valence-electron chi connectivity index (χ2n) is 8.21. The molecule has 0 atom stereocenters. The molecule has 3 heteroatoms. The van der Waals surface area contributed by atoms with Crippen LogP contribution in [-0.4, -0.2) is 39.3 Å². The molecule has 2 saturated heterocycles. The summed E-state index contributed by atoms with van der Waals surface area (Å²) in [5.74, 6) is 0. The Bertz CT molecular complexity index is 497. The predicted octanol–water partition coefficient (Wildman–Crippen LogP) is 2.03. The van der Waals surface area contributed by atoms with Crippen LogP contribution in [0.5, 0.6) is 0 Å². The minimum absolute atomic E-state index is 0. The summed E-state index contributed by atoms with van der Waals surface area (Å²) in [5.41, 5.74) is 3.02. The van der Waals surface area contributed by atoms with Crippen molar-refractivity contribution < 1.29 is 26.9 Å². The maximum atomic E-state index is 2.24. The third-order valence-electron chi connectivity index (χ3n) is 6.12. The van der Waals surface area contributed by atoms with Gasteiger partial charge in [0.2, 0.25) is 0 Å². The summed E-state index contributed by atoms with van der Waals surface area (Å²) in [7, 11) is 0. The van der Waals surface area contributed by atoms with Crippen molar-refractivity contribution in [2.45, 2.75) is 51.4 Å². The summed E-state index contributed by atoms with van der Waals surface area (Å²) in [6.45, 7) is 8.29. The Morgan fingerprint density at radius 3 is 1.19 bits per heavy atom. The first-order valence-corrected chi connectivity index (χ1v) is 11.0. The Morgan fingerprint density at radius 1 is 0.519 bits per heavy atom. The molecule has 27 heavy (non-hydrogen) atoms. The van der Waals surface area contributed by atoms with Crippen molar-refractivity contribution >= 4 is 0 Å². The fourth-order valence-electron chi connectivity index (χ4n) is 4.41. The first kappa shape index (κ1) is 22.4. The molecule has 2 aliphatic heterocycles. The first-order valence-electron chi connectivity index (χ1n) is 11.0. The van der Waals surface area contributed by atoms with Gasteiger partial charge in [0.15, 0.2) is 0 Å². The molecule has 0 saturated carbocycles. The Morgan fingerprint density at radius 2 is 0.852 bits per heavy atom. The smallest absolute Gasteiger partial charge is 0.0770 e. The Kier molecular flexibility index (Phi) is 11.1. The molecule has 0 radical (unpaired) electrons. The molecule has 0 spiro atoms. The van der Waals surface area contributed by atoms with E-state index in [4.69, 9.17) is 0 Å². The van der Waals surface area contributed by atoms with Crippen molar-refractivity contribution in [3.63, 3.8) is 0 Å². The van der Waals surface area contributed by atoms with Crippen LogP contribution < -0.4 is 9.80 Å². The van der Waals surface area contributed by atoms with E-state index < -0.39 is 0 Å². The third-order valence-corrected chi connectivity index (χ3v) is 6.12. The standard InChI is InChI=1S/2C12H18N.Fe/c2*1-4-9-13(10-5-1)11-8-12-6-2-3-7-12;/h2*2-3,6-7H,1,4-5,8-11H2;/q2*-1;/p+2. The van der Waals surface area contributed by atoms with Crippen LogP contribution in [-0.2, 0) is 29.9 Å². The molecule has 4 rings (SSSR count). The van der Waals surface area contributed by atoms with Crippen LogP contribution in [0, 0.1) is 0 Å². The second-order valence-corrected chi connectivity index (χ2v) is 8.21. The fourth-order valence-corrected chi connectivity index (χ4v) is 4.41. The summed E-state index contributed by atoms with van der Waals surface area (Å²) in [6, 6.07) is 17.5. The van der Waals surface area contributed by atoms with Gasteiger partial charge in [-0.1, -0.05) is 0 Å².